The molecule has 1 aliphatic heterocycles. The van der Waals surface area contributed by atoms with Gasteiger partial charge in [0.2, 0.25) is 17.4 Å². The summed E-state index contributed by atoms with van der Waals surface area (Å²) in [6.07, 6.45) is 1.58. The SMILES string of the molecule is O=C(CNc1nc2ccccn2c1[N+](=O)[O-])N1CCN(c2ccccc2)CC1. The van der Waals surface area contributed by atoms with Crippen LogP contribution in [0.1, 0.15) is 0 Å². The number of amides is 1. The van der Waals surface area contributed by atoms with Crippen molar-refractivity contribution in [3.8, 4) is 0 Å². The Labute approximate surface area is 161 Å². The molecule has 1 saturated heterocycles. The molecule has 1 fully saturated rings. The third kappa shape index (κ3) is 3.46. The van der Waals surface area contributed by atoms with Crippen LogP contribution in [0.3, 0.4) is 0 Å². The molecule has 0 spiro atoms. The zero-order valence-electron chi connectivity index (χ0n) is 15.2. The molecular weight excluding hydrogens is 360 g/mol. The van der Waals surface area contributed by atoms with Crippen LogP contribution in [0.2, 0.25) is 0 Å². The second-order valence-electron chi connectivity index (χ2n) is 6.53. The lowest BCUT2D eigenvalue weighted by molar-refractivity contribution is -0.389. The van der Waals surface area contributed by atoms with Gasteiger partial charge in [0, 0.05) is 37.9 Å². The molecule has 1 aliphatic rings. The molecule has 1 aromatic carbocycles. The number of hydrogen-bond acceptors (Lipinski definition) is 6. The monoisotopic (exact) mass is 380 g/mol. The number of nitro groups is 1. The summed E-state index contributed by atoms with van der Waals surface area (Å²) in [6, 6.07) is 15.2. The first-order valence-corrected chi connectivity index (χ1v) is 9.06. The molecule has 0 bridgehead atoms. The third-order valence-corrected chi connectivity index (χ3v) is 4.84. The Hall–Kier alpha value is -3.62. The van der Waals surface area contributed by atoms with E-state index >= 15 is 0 Å². The maximum Gasteiger partial charge on any atom is 0.372 e. The van der Waals surface area contributed by atoms with E-state index in [4.69, 9.17) is 0 Å². The third-order valence-electron chi connectivity index (χ3n) is 4.84. The summed E-state index contributed by atoms with van der Waals surface area (Å²) in [5.74, 6) is -0.163. The van der Waals surface area contributed by atoms with E-state index in [0.717, 1.165) is 18.8 Å². The van der Waals surface area contributed by atoms with Gasteiger partial charge in [-0.15, -0.1) is 0 Å². The Kier molecular flexibility index (Phi) is 4.79. The second kappa shape index (κ2) is 7.55. The lowest BCUT2D eigenvalue weighted by Gasteiger charge is -2.36. The van der Waals surface area contributed by atoms with Crippen molar-refractivity contribution in [2.24, 2.45) is 0 Å². The lowest BCUT2D eigenvalue weighted by atomic mass is 10.2. The van der Waals surface area contributed by atoms with Crippen LogP contribution in [0, 0.1) is 10.1 Å². The van der Waals surface area contributed by atoms with Gasteiger partial charge >= 0.3 is 5.82 Å². The molecular formula is C19H20N6O3. The summed E-state index contributed by atoms with van der Waals surface area (Å²) < 4.78 is 1.39. The van der Waals surface area contributed by atoms with E-state index in [1.54, 1.807) is 29.3 Å². The van der Waals surface area contributed by atoms with Gasteiger partial charge in [-0.05, 0) is 23.1 Å². The van der Waals surface area contributed by atoms with Crippen molar-refractivity contribution in [3.63, 3.8) is 0 Å². The minimum Gasteiger partial charge on any atom is -0.368 e. The summed E-state index contributed by atoms with van der Waals surface area (Å²) in [4.78, 5) is 31.7. The standard InChI is InChI=1S/C19H20N6O3/c26-17(23-12-10-22(11-13-23)15-6-2-1-3-7-15)14-20-18-19(25(27)28)24-9-5-4-8-16(24)21-18/h1-9,20H,10-14H2. The molecule has 1 amide bonds. The Morgan fingerprint density at radius 3 is 2.50 bits per heavy atom. The molecule has 1 N–H and O–H groups in total. The number of rotatable bonds is 5. The van der Waals surface area contributed by atoms with Crippen LogP contribution in [-0.4, -0.2) is 57.8 Å². The maximum atomic E-state index is 12.6. The number of para-hydroxylation sites is 1. The van der Waals surface area contributed by atoms with E-state index in [1.807, 2.05) is 18.2 Å². The molecule has 0 unspecified atom stereocenters. The summed E-state index contributed by atoms with van der Waals surface area (Å²) in [5, 5.41) is 14.3. The fourth-order valence-electron chi connectivity index (χ4n) is 3.40. The number of hydrogen-bond donors (Lipinski definition) is 1. The number of imidazole rings is 1. The number of nitrogens with one attached hydrogen (secondary N) is 1. The number of benzene rings is 1. The van der Waals surface area contributed by atoms with Crippen LogP contribution in [0.15, 0.2) is 54.7 Å². The number of anilines is 2. The summed E-state index contributed by atoms with van der Waals surface area (Å²) >= 11 is 0. The Balaban J connectivity index is 1.38. The van der Waals surface area contributed by atoms with Gasteiger partial charge in [0.05, 0.1) is 12.7 Å². The van der Waals surface area contributed by atoms with E-state index in [0.29, 0.717) is 18.7 Å². The first kappa shape index (κ1) is 17.8. The van der Waals surface area contributed by atoms with Crippen LogP contribution >= 0.6 is 0 Å². The number of piperazine rings is 1. The molecule has 0 aliphatic carbocycles. The fraction of sp³-hybridized carbons (Fsp3) is 0.263. The topological polar surface area (TPSA) is 96.0 Å². The highest BCUT2D eigenvalue weighted by Crippen LogP contribution is 2.25. The number of carbonyl (C=O) groups excluding carboxylic acids is 1. The molecule has 0 atom stereocenters. The van der Waals surface area contributed by atoms with E-state index in [9.17, 15) is 14.9 Å². The molecule has 144 valence electrons. The van der Waals surface area contributed by atoms with Gasteiger partial charge in [-0.1, -0.05) is 24.3 Å². The Morgan fingerprint density at radius 1 is 1.07 bits per heavy atom. The maximum absolute atomic E-state index is 12.6. The molecule has 9 heteroatoms. The van der Waals surface area contributed by atoms with E-state index in [2.05, 4.69) is 27.3 Å². The van der Waals surface area contributed by atoms with Crippen molar-refractivity contribution in [2.45, 2.75) is 0 Å². The number of nitrogens with zero attached hydrogens (tertiary/aromatic N) is 5. The van der Waals surface area contributed by atoms with Gasteiger partial charge in [0.25, 0.3) is 0 Å². The predicted octanol–water partition coefficient (Wildman–Crippen LogP) is 2.00. The zero-order chi connectivity index (χ0) is 19.5. The minimum absolute atomic E-state index is 0.0317. The summed E-state index contributed by atoms with van der Waals surface area (Å²) in [5.41, 5.74) is 1.61. The van der Waals surface area contributed by atoms with E-state index < -0.39 is 4.92 Å². The summed E-state index contributed by atoms with van der Waals surface area (Å²) in [6.45, 7) is 2.70. The molecule has 4 rings (SSSR count). The van der Waals surface area contributed by atoms with Crippen molar-refractivity contribution in [1.29, 1.82) is 0 Å². The number of aromatic nitrogens is 2. The molecule has 2 aromatic heterocycles. The highest BCUT2D eigenvalue weighted by Gasteiger charge is 2.25. The normalized spacial score (nSPS) is 14.3. The molecule has 28 heavy (non-hydrogen) atoms. The van der Waals surface area contributed by atoms with Crippen LogP contribution in [0.4, 0.5) is 17.3 Å². The fourth-order valence-corrected chi connectivity index (χ4v) is 3.40. The van der Waals surface area contributed by atoms with Crippen molar-refractivity contribution >= 4 is 28.9 Å². The highest BCUT2D eigenvalue weighted by atomic mass is 16.6. The van der Waals surface area contributed by atoms with Crippen molar-refractivity contribution in [1.82, 2.24) is 14.3 Å². The quantitative estimate of drug-likeness (QED) is 0.537. The Morgan fingerprint density at radius 2 is 1.79 bits per heavy atom. The van der Waals surface area contributed by atoms with Crippen LogP contribution in [0.25, 0.3) is 5.65 Å². The first-order valence-electron chi connectivity index (χ1n) is 9.06. The van der Waals surface area contributed by atoms with Crippen molar-refractivity contribution < 1.29 is 9.72 Å². The lowest BCUT2D eigenvalue weighted by Crippen LogP contribution is -2.50. The minimum atomic E-state index is -0.495. The van der Waals surface area contributed by atoms with Crippen LogP contribution in [-0.2, 0) is 4.79 Å². The summed E-state index contributed by atoms with van der Waals surface area (Å²) in [7, 11) is 0. The van der Waals surface area contributed by atoms with E-state index in [-0.39, 0.29) is 24.1 Å². The first-order chi connectivity index (χ1) is 13.6. The zero-order valence-corrected chi connectivity index (χ0v) is 15.2. The van der Waals surface area contributed by atoms with Crippen LogP contribution in [0.5, 0.6) is 0 Å². The van der Waals surface area contributed by atoms with E-state index in [1.165, 1.54) is 4.40 Å². The number of fused-ring (bicyclic) bond motifs is 1. The smallest absolute Gasteiger partial charge is 0.368 e. The van der Waals surface area contributed by atoms with Crippen molar-refractivity contribution in [2.75, 3.05) is 42.9 Å². The van der Waals surface area contributed by atoms with Crippen LogP contribution < -0.4 is 10.2 Å². The highest BCUT2D eigenvalue weighted by molar-refractivity contribution is 5.82. The molecule has 0 saturated carbocycles. The molecule has 0 radical (unpaired) electrons. The van der Waals surface area contributed by atoms with Gasteiger partial charge in [-0.3, -0.25) is 4.79 Å². The average Bonchev–Trinajstić information content (AvgIpc) is 3.11. The molecule has 9 nitrogen and oxygen atoms in total. The number of carbonyl (C=O) groups is 1. The second-order valence-corrected chi connectivity index (χ2v) is 6.53. The van der Waals surface area contributed by atoms with Gasteiger partial charge in [-0.25, -0.2) is 0 Å². The largest absolute Gasteiger partial charge is 0.372 e. The average molecular weight is 380 g/mol. The molecule has 3 aromatic rings. The van der Waals surface area contributed by atoms with Gasteiger partial charge in [-0.2, -0.15) is 9.38 Å². The van der Waals surface area contributed by atoms with Gasteiger partial charge < -0.3 is 25.2 Å². The predicted molar refractivity (Wildman–Crippen MR) is 106 cm³/mol. The Bertz CT molecular complexity index is 995. The van der Waals surface area contributed by atoms with Crippen molar-refractivity contribution in [3.05, 3.63) is 64.8 Å². The van der Waals surface area contributed by atoms with Gasteiger partial charge in [0.1, 0.15) is 0 Å². The van der Waals surface area contributed by atoms with Gasteiger partial charge in [0.15, 0.2) is 0 Å². The molecule has 3 heterocycles. The number of pyridine rings is 1.